The molecule has 0 aliphatic heterocycles. The zero-order valence-corrected chi connectivity index (χ0v) is 11.4. The Morgan fingerprint density at radius 3 is 2.95 bits per heavy atom. The lowest BCUT2D eigenvalue weighted by Gasteiger charge is -2.00. The Balaban J connectivity index is 2.12. The van der Waals surface area contributed by atoms with Gasteiger partial charge in [0.2, 0.25) is 0 Å². The molecule has 0 amide bonds. The van der Waals surface area contributed by atoms with E-state index in [0.29, 0.717) is 12.0 Å². The molecule has 20 heavy (non-hydrogen) atoms. The number of rotatable bonds is 4. The number of carbonyl (C=O) groups is 1. The first-order valence-electron chi connectivity index (χ1n) is 6.31. The number of aromatic amines is 1. The fraction of sp³-hybridized carbons (Fsp3) is 0.267. The fourth-order valence-electron chi connectivity index (χ4n) is 1.96. The van der Waals surface area contributed by atoms with Crippen LogP contribution in [0.3, 0.4) is 0 Å². The fourth-order valence-corrected chi connectivity index (χ4v) is 1.96. The highest BCUT2D eigenvalue weighted by atomic mass is 16.7. The zero-order chi connectivity index (χ0) is 14.5. The maximum Gasteiger partial charge on any atom is 0.331 e. The van der Waals surface area contributed by atoms with E-state index in [1.165, 1.54) is 6.92 Å². The van der Waals surface area contributed by atoms with Gasteiger partial charge in [-0.1, -0.05) is 5.16 Å². The first kappa shape index (κ1) is 13.8. The van der Waals surface area contributed by atoms with Gasteiger partial charge in [0.25, 0.3) is 0 Å². The van der Waals surface area contributed by atoms with Crippen LogP contribution < -0.4 is 0 Å². The number of nitrogens with zero attached hydrogens (tertiary/aromatic N) is 2. The minimum absolute atomic E-state index is 0.421. The quantitative estimate of drug-likeness (QED) is 0.526. The monoisotopic (exact) mass is 269 g/mol. The van der Waals surface area contributed by atoms with Crippen molar-refractivity contribution in [3.05, 3.63) is 35.5 Å². The lowest BCUT2D eigenvalue weighted by atomic mass is 10.1. The minimum Gasteiger partial charge on any atom is -0.361 e. The molecular formula is C15H15N3O2. The lowest BCUT2D eigenvalue weighted by molar-refractivity contribution is -0.140. The van der Waals surface area contributed by atoms with Crippen LogP contribution in [0.25, 0.3) is 10.9 Å². The Morgan fingerprint density at radius 1 is 1.45 bits per heavy atom. The molecule has 5 heteroatoms. The normalized spacial score (nSPS) is 11.3. The van der Waals surface area contributed by atoms with Gasteiger partial charge in [-0.3, -0.25) is 0 Å². The Bertz CT molecular complexity index is 707. The predicted octanol–water partition coefficient (Wildman–Crippen LogP) is 2.91. The summed E-state index contributed by atoms with van der Waals surface area (Å²) in [6.07, 6.45) is 3.40. The molecule has 5 nitrogen and oxygen atoms in total. The third-order valence-electron chi connectivity index (χ3n) is 2.98. The van der Waals surface area contributed by atoms with Crippen LogP contribution >= 0.6 is 0 Å². The van der Waals surface area contributed by atoms with Crippen LogP contribution in [-0.4, -0.2) is 16.7 Å². The molecule has 1 aromatic heterocycles. The van der Waals surface area contributed by atoms with Crippen LogP contribution in [0.5, 0.6) is 0 Å². The molecule has 0 aliphatic rings. The van der Waals surface area contributed by atoms with Gasteiger partial charge in [-0.05, 0) is 43.5 Å². The van der Waals surface area contributed by atoms with Crippen molar-refractivity contribution in [3.8, 4) is 6.07 Å². The molecule has 0 saturated carbocycles. The third kappa shape index (κ3) is 3.23. The number of aryl methyl sites for hydroxylation is 1. The third-order valence-corrected chi connectivity index (χ3v) is 2.98. The van der Waals surface area contributed by atoms with Crippen molar-refractivity contribution in [2.45, 2.75) is 26.7 Å². The number of aromatic nitrogens is 1. The summed E-state index contributed by atoms with van der Waals surface area (Å²) in [5, 5.41) is 13.7. The molecule has 0 spiro atoms. The first-order chi connectivity index (χ1) is 9.60. The summed E-state index contributed by atoms with van der Waals surface area (Å²) < 4.78 is 0. The van der Waals surface area contributed by atoms with E-state index >= 15 is 0 Å². The molecule has 0 saturated heterocycles. The predicted molar refractivity (Wildman–Crippen MR) is 76.2 cm³/mol. The highest BCUT2D eigenvalue weighted by Crippen LogP contribution is 2.21. The topological polar surface area (TPSA) is 78.2 Å². The maximum absolute atomic E-state index is 10.7. The Morgan fingerprint density at radius 2 is 2.25 bits per heavy atom. The van der Waals surface area contributed by atoms with E-state index in [2.05, 4.69) is 21.0 Å². The number of hydrogen-bond donors (Lipinski definition) is 1. The Kier molecular flexibility index (Phi) is 4.16. The molecule has 2 rings (SSSR count). The van der Waals surface area contributed by atoms with Gasteiger partial charge in [-0.15, -0.1) is 0 Å². The first-order valence-corrected chi connectivity index (χ1v) is 6.31. The maximum atomic E-state index is 10.7. The Hall–Kier alpha value is -2.61. The second kappa shape index (κ2) is 6.02. The van der Waals surface area contributed by atoms with Gasteiger partial charge in [-0.25, -0.2) is 4.79 Å². The molecule has 102 valence electrons. The van der Waals surface area contributed by atoms with Crippen LogP contribution in [-0.2, 0) is 16.1 Å². The van der Waals surface area contributed by atoms with Gasteiger partial charge in [-0.2, -0.15) is 5.26 Å². The van der Waals surface area contributed by atoms with Crippen LogP contribution in [0.4, 0.5) is 0 Å². The number of nitriles is 1. The van der Waals surface area contributed by atoms with Gasteiger partial charge in [0.05, 0.1) is 17.3 Å². The summed E-state index contributed by atoms with van der Waals surface area (Å²) in [6, 6.07) is 7.70. The standard InChI is InChI=1S/C15H15N3O2/c1-10(18-20-11(2)19)3-5-13-9-17-15-6-4-12(8-16)7-14(13)15/h4,6-7,9,17H,3,5H2,1-2H3/b18-10+. The highest BCUT2D eigenvalue weighted by Gasteiger charge is 2.06. The molecule has 1 heterocycles. The SMILES string of the molecule is CC(=O)O/N=C(\C)CCc1c[nH]c2ccc(C#N)cc12. The average Bonchev–Trinajstić information content (AvgIpc) is 2.85. The number of oxime groups is 1. The zero-order valence-electron chi connectivity index (χ0n) is 11.4. The number of nitrogens with one attached hydrogen (secondary N) is 1. The number of fused-ring (bicyclic) bond motifs is 1. The van der Waals surface area contributed by atoms with E-state index in [4.69, 9.17) is 5.26 Å². The van der Waals surface area contributed by atoms with E-state index < -0.39 is 5.97 Å². The molecular weight excluding hydrogens is 254 g/mol. The largest absolute Gasteiger partial charge is 0.361 e. The van der Waals surface area contributed by atoms with Gasteiger partial charge in [0.1, 0.15) is 0 Å². The Labute approximate surface area is 116 Å². The van der Waals surface area contributed by atoms with Crippen LogP contribution in [0.2, 0.25) is 0 Å². The summed E-state index contributed by atoms with van der Waals surface area (Å²) in [5.74, 6) is -0.421. The van der Waals surface area contributed by atoms with Crippen LogP contribution in [0.15, 0.2) is 29.6 Å². The van der Waals surface area contributed by atoms with Gasteiger partial charge in [0.15, 0.2) is 0 Å². The summed E-state index contributed by atoms with van der Waals surface area (Å²) in [5.41, 5.74) is 3.53. The molecule has 1 N–H and O–H groups in total. The summed E-state index contributed by atoms with van der Waals surface area (Å²) in [7, 11) is 0. The minimum atomic E-state index is -0.421. The molecule has 0 atom stereocenters. The van der Waals surface area contributed by atoms with Crippen molar-refractivity contribution in [1.29, 1.82) is 5.26 Å². The van der Waals surface area contributed by atoms with Crippen molar-refractivity contribution in [2.24, 2.45) is 5.16 Å². The molecule has 1 aromatic carbocycles. The van der Waals surface area contributed by atoms with E-state index in [-0.39, 0.29) is 0 Å². The summed E-state index contributed by atoms with van der Waals surface area (Å²) >= 11 is 0. The van der Waals surface area contributed by atoms with Crippen molar-refractivity contribution in [1.82, 2.24) is 4.98 Å². The summed E-state index contributed by atoms with van der Waals surface area (Å²) in [4.78, 5) is 18.4. The highest BCUT2D eigenvalue weighted by molar-refractivity contribution is 5.86. The van der Waals surface area contributed by atoms with E-state index in [0.717, 1.165) is 28.6 Å². The van der Waals surface area contributed by atoms with Crippen molar-refractivity contribution < 1.29 is 9.63 Å². The molecule has 0 unspecified atom stereocenters. The van der Waals surface area contributed by atoms with Crippen LogP contribution in [0, 0.1) is 11.3 Å². The number of H-pyrrole nitrogens is 1. The average molecular weight is 269 g/mol. The van der Waals surface area contributed by atoms with E-state index in [1.54, 1.807) is 6.07 Å². The second-order valence-corrected chi connectivity index (χ2v) is 4.60. The van der Waals surface area contributed by atoms with Gasteiger partial charge >= 0.3 is 5.97 Å². The van der Waals surface area contributed by atoms with Crippen molar-refractivity contribution in [3.63, 3.8) is 0 Å². The van der Waals surface area contributed by atoms with E-state index in [1.807, 2.05) is 25.3 Å². The van der Waals surface area contributed by atoms with Crippen molar-refractivity contribution in [2.75, 3.05) is 0 Å². The number of hydrogen-bond acceptors (Lipinski definition) is 4. The van der Waals surface area contributed by atoms with E-state index in [9.17, 15) is 4.79 Å². The van der Waals surface area contributed by atoms with Gasteiger partial charge in [0, 0.05) is 24.0 Å². The number of benzene rings is 1. The molecule has 0 fully saturated rings. The molecule has 0 radical (unpaired) electrons. The second-order valence-electron chi connectivity index (χ2n) is 4.60. The lowest BCUT2D eigenvalue weighted by Crippen LogP contribution is -1.99. The molecule has 0 bridgehead atoms. The molecule has 0 aliphatic carbocycles. The van der Waals surface area contributed by atoms with Crippen LogP contribution in [0.1, 0.15) is 31.4 Å². The smallest absolute Gasteiger partial charge is 0.331 e. The number of carbonyl (C=O) groups excluding carboxylic acids is 1. The molecule has 2 aromatic rings. The van der Waals surface area contributed by atoms with Crippen molar-refractivity contribution >= 4 is 22.6 Å². The van der Waals surface area contributed by atoms with Gasteiger partial charge < -0.3 is 9.82 Å². The summed E-state index contributed by atoms with van der Waals surface area (Å²) in [6.45, 7) is 3.14.